The summed E-state index contributed by atoms with van der Waals surface area (Å²) in [5.74, 6) is 5.03. The average molecular weight is 228 g/mol. The Morgan fingerprint density at radius 2 is 1.94 bits per heavy atom. The van der Waals surface area contributed by atoms with E-state index in [-0.39, 0.29) is 17.9 Å². The first-order valence-corrected chi connectivity index (χ1v) is 5.99. The van der Waals surface area contributed by atoms with Gasteiger partial charge in [0, 0.05) is 19.1 Å². The number of nitrogens with one attached hydrogen (secondary N) is 1. The zero-order chi connectivity index (χ0) is 12.1. The molecule has 5 nitrogen and oxygen atoms in total. The molecule has 1 aliphatic rings. The Labute approximate surface area is 97.9 Å². The van der Waals surface area contributed by atoms with Crippen molar-refractivity contribution in [3.63, 3.8) is 0 Å². The number of nitrogens with zero attached hydrogens (tertiary/aromatic N) is 2. The van der Waals surface area contributed by atoms with Crippen molar-refractivity contribution in [2.75, 3.05) is 33.2 Å². The topological polar surface area (TPSA) is 61.6 Å². The number of nitrogens with two attached hydrogens (primary N) is 1. The molecule has 0 spiro atoms. The van der Waals surface area contributed by atoms with Crippen molar-refractivity contribution < 1.29 is 4.79 Å². The molecule has 0 aromatic heterocycles. The monoisotopic (exact) mass is 228 g/mol. The van der Waals surface area contributed by atoms with E-state index in [1.54, 1.807) is 0 Å². The molecule has 1 heterocycles. The van der Waals surface area contributed by atoms with Gasteiger partial charge in [-0.1, -0.05) is 6.92 Å². The van der Waals surface area contributed by atoms with E-state index < -0.39 is 0 Å². The highest BCUT2D eigenvalue weighted by atomic mass is 16.2. The lowest BCUT2D eigenvalue weighted by Crippen LogP contribution is -2.47. The van der Waals surface area contributed by atoms with Crippen LogP contribution in [0.4, 0.5) is 0 Å². The first-order chi connectivity index (χ1) is 7.56. The molecule has 1 aliphatic heterocycles. The second kappa shape index (κ2) is 6.18. The second-order valence-corrected chi connectivity index (χ2v) is 4.73. The Balaban J connectivity index is 2.52. The predicted molar refractivity (Wildman–Crippen MR) is 64.6 cm³/mol. The maximum Gasteiger partial charge on any atom is 0.238 e. The molecule has 0 aromatic carbocycles. The highest BCUT2D eigenvalue weighted by Crippen LogP contribution is 2.13. The van der Waals surface area contributed by atoms with Crippen LogP contribution < -0.4 is 11.3 Å². The molecule has 0 saturated carbocycles. The Bertz CT molecular complexity index is 234. The largest absolute Gasteiger partial charge is 0.305 e. The molecule has 2 atom stereocenters. The van der Waals surface area contributed by atoms with E-state index in [0.717, 1.165) is 32.6 Å². The van der Waals surface area contributed by atoms with Gasteiger partial charge in [-0.05, 0) is 33.5 Å². The van der Waals surface area contributed by atoms with E-state index in [2.05, 4.69) is 29.2 Å². The molecule has 0 aromatic rings. The second-order valence-electron chi connectivity index (χ2n) is 4.73. The fourth-order valence-corrected chi connectivity index (χ4v) is 2.14. The van der Waals surface area contributed by atoms with Crippen LogP contribution in [0.15, 0.2) is 0 Å². The Kier molecular flexibility index (Phi) is 5.18. The summed E-state index contributed by atoms with van der Waals surface area (Å²) >= 11 is 0. The molecular formula is C11H24N4O. The molecule has 16 heavy (non-hydrogen) atoms. The smallest absolute Gasteiger partial charge is 0.238 e. The first kappa shape index (κ1) is 13.4. The number of rotatable bonds is 3. The third kappa shape index (κ3) is 3.43. The van der Waals surface area contributed by atoms with Gasteiger partial charge in [-0.2, -0.15) is 0 Å². The van der Waals surface area contributed by atoms with E-state index in [0.29, 0.717) is 0 Å². The summed E-state index contributed by atoms with van der Waals surface area (Å²) in [5.41, 5.74) is 2.23. The number of hydrogen-bond acceptors (Lipinski definition) is 4. The van der Waals surface area contributed by atoms with Crippen LogP contribution in [0.2, 0.25) is 0 Å². The fraction of sp³-hybridized carbons (Fsp3) is 0.909. The predicted octanol–water partition coefficient (Wildman–Crippen LogP) is -0.362. The Morgan fingerprint density at radius 1 is 1.25 bits per heavy atom. The van der Waals surface area contributed by atoms with Gasteiger partial charge < -0.3 is 4.90 Å². The minimum Gasteiger partial charge on any atom is -0.305 e. The van der Waals surface area contributed by atoms with Crippen LogP contribution >= 0.6 is 0 Å². The summed E-state index contributed by atoms with van der Waals surface area (Å²) in [6.45, 7) is 8.34. The number of hydrogen-bond donors (Lipinski definition) is 2. The SMILES string of the molecule is CC(C(=O)NN)C(C)N1CCCN(C)CC1. The highest BCUT2D eigenvalue weighted by molar-refractivity contribution is 5.78. The van der Waals surface area contributed by atoms with Gasteiger partial charge in [0.25, 0.3) is 0 Å². The van der Waals surface area contributed by atoms with Gasteiger partial charge in [0.2, 0.25) is 5.91 Å². The molecule has 1 saturated heterocycles. The minimum atomic E-state index is -0.0786. The molecule has 0 aliphatic carbocycles. The van der Waals surface area contributed by atoms with E-state index >= 15 is 0 Å². The third-order valence-electron chi connectivity index (χ3n) is 3.61. The summed E-state index contributed by atoms with van der Waals surface area (Å²) in [4.78, 5) is 16.2. The van der Waals surface area contributed by atoms with Gasteiger partial charge >= 0.3 is 0 Å². The van der Waals surface area contributed by atoms with Crippen molar-refractivity contribution in [3.8, 4) is 0 Å². The van der Waals surface area contributed by atoms with Gasteiger partial charge in [-0.3, -0.25) is 15.1 Å². The summed E-state index contributed by atoms with van der Waals surface area (Å²) in [7, 11) is 2.14. The van der Waals surface area contributed by atoms with Crippen molar-refractivity contribution in [1.82, 2.24) is 15.2 Å². The Hall–Kier alpha value is -0.650. The van der Waals surface area contributed by atoms with Gasteiger partial charge in [-0.25, -0.2) is 5.84 Å². The quantitative estimate of drug-likeness (QED) is 0.393. The van der Waals surface area contributed by atoms with E-state index in [1.807, 2.05) is 6.92 Å². The van der Waals surface area contributed by atoms with Gasteiger partial charge in [-0.15, -0.1) is 0 Å². The van der Waals surface area contributed by atoms with Crippen LogP contribution in [-0.2, 0) is 4.79 Å². The molecule has 2 unspecified atom stereocenters. The van der Waals surface area contributed by atoms with Gasteiger partial charge in [0.05, 0.1) is 5.92 Å². The zero-order valence-corrected chi connectivity index (χ0v) is 10.6. The minimum absolute atomic E-state index is 0.0617. The zero-order valence-electron chi connectivity index (χ0n) is 10.6. The van der Waals surface area contributed by atoms with Crippen molar-refractivity contribution in [2.45, 2.75) is 26.3 Å². The van der Waals surface area contributed by atoms with Crippen LogP contribution in [-0.4, -0.2) is 55.0 Å². The molecule has 0 radical (unpaired) electrons. The molecule has 1 fully saturated rings. The molecular weight excluding hydrogens is 204 g/mol. The molecule has 94 valence electrons. The van der Waals surface area contributed by atoms with Gasteiger partial charge in [0.1, 0.15) is 0 Å². The number of hydrazine groups is 1. The molecule has 5 heteroatoms. The van der Waals surface area contributed by atoms with Crippen molar-refractivity contribution in [3.05, 3.63) is 0 Å². The molecule has 0 bridgehead atoms. The highest BCUT2D eigenvalue weighted by Gasteiger charge is 2.26. The van der Waals surface area contributed by atoms with Crippen LogP contribution in [0.1, 0.15) is 20.3 Å². The van der Waals surface area contributed by atoms with Crippen LogP contribution in [0.5, 0.6) is 0 Å². The number of carbonyl (C=O) groups excluding carboxylic acids is 1. The number of carbonyl (C=O) groups is 1. The third-order valence-corrected chi connectivity index (χ3v) is 3.61. The van der Waals surface area contributed by atoms with Crippen LogP contribution in [0.25, 0.3) is 0 Å². The lowest BCUT2D eigenvalue weighted by molar-refractivity contribution is -0.126. The summed E-state index contributed by atoms with van der Waals surface area (Å²) < 4.78 is 0. The molecule has 1 amide bonds. The molecule has 3 N–H and O–H groups in total. The maximum atomic E-state index is 11.5. The lowest BCUT2D eigenvalue weighted by Gasteiger charge is -2.31. The maximum absolute atomic E-state index is 11.5. The lowest BCUT2D eigenvalue weighted by atomic mass is 10.0. The van der Waals surface area contributed by atoms with E-state index in [1.165, 1.54) is 0 Å². The Morgan fingerprint density at radius 3 is 2.56 bits per heavy atom. The van der Waals surface area contributed by atoms with Gasteiger partial charge in [0.15, 0.2) is 0 Å². The normalized spacial score (nSPS) is 23.5. The summed E-state index contributed by atoms with van der Waals surface area (Å²) in [6, 6.07) is 0.245. The first-order valence-electron chi connectivity index (χ1n) is 5.99. The van der Waals surface area contributed by atoms with E-state index in [4.69, 9.17) is 5.84 Å². The van der Waals surface area contributed by atoms with Crippen molar-refractivity contribution in [1.29, 1.82) is 0 Å². The number of amides is 1. The average Bonchev–Trinajstić information content (AvgIpc) is 2.51. The summed E-state index contributed by atoms with van der Waals surface area (Å²) in [6.07, 6.45) is 1.16. The van der Waals surface area contributed by atoms with E-state index in [9.17, 15) is 4.79 Å². The van der Waals surface area contributed by atoms with Crippen molar-refractivity contribution >= 4 is 5.91 Å². The molecule has 1 rings (SSSR count). The van der Waals surface area contributed by atoms with Crippen LogP contribution in [0.3, 0.4) is 0 Å². The fourth-order valence-electron chi connectivity index (χ4n) is 2.14. The number of likely N-dealkylation sites (N-methyl/N-ethyl adjacent to an activating group) is 1. The van der Waals surface area contributed by atoms with Crippen LogP contribution in [0, 0.1) is 5.92 Å². The van der Waals surface area contributed by atoms with Crippen molar-refractivity contribution in [2.24, 2.45) is 11.8 Å². The standard InChI is InChI=1S/C11H24N4O/c1-9(11(16)13-12)10(2)15-6-4-5-14(3)7-8-15/h9-10H,4-8,12H2,1-3H3,(H,13,16). The summed E-state index contributed by atoms with van der Waals surface area (Å²) in [5, 5.41) is 0.